The molecule has 2 fully saturated rings. The smallest absolute Gasteiger partial charge is 0.254 e. The van der Waals surface area contributed by atoms with Gasteiger partial charge >= 0.3 is 0 Å². The van der Waals surface area contributed by atoms with Crippen LogP contribution >= 0.6 is 0 Å². The molecule has 2 aliphatic rings. The van der Waals surface area contributed by atoms with Crippen LogP contribution in [-0.4, -0.2) is 67.8 Å². The van der Waals surface area contributed by atoms with Crippen molar-refractivity contribution in [2.75, 3.05) is 32.8 Å². The van der Waals surface area contributed by atoms with Gasteiger partial charge in [-0.05, 0) is 31.5 Å². The van der Waals surface area contributed by atoms with Crippen LogP contribution in [0.25, 0.3) is 0 Å². The molecule has 0 aromatic heterocycles. The van der Waals surface area contributed by atoms with Gasteiger partial charge in [-0.25, -0.2) is 0 Å². The minimum absolute atomic E-state index is 0.0178. The van der Waals surface area contributed by atoms with Gasteiger partial charge in [0.25, 0.3) is 11.8 Å². The number of carbonyl (C=O) groups is 2. The van der Waals surface area contributed by atoms with Crippen molar-refractivity contribution in [3.05, 3.63) is 35.4 Å². The van der Waals surface area contributed by atoms with Gasteiger partial charge in [0.05, 0.1) is 18.8 Å². The second-order valence-electron chi connectivity index (χ2n) is 6.95. The third-order valence-corrected chi connectivity index (χ3v) is 4.59. The van der Waals surface area contributed by atoms with E-state index in [1.165, 1.54) is 0 Å². The van der Waals surface area contributed by atoms with E-state index in [1.807, 2.05) is 43.0 Å². The van der Waals surface area contributed by atoms with Crippen LogP contribution in [0.5, 0.6) is 0 Å². The summed E-state index contributed by atoms with van der Waals surface area (Å²) in [6.07, 6.45) is -0.336. The number of ether oxygens (including phenoxy) is 2. The van der Waals surface area contributed by atoms with Crippen molar-refractivity contribution in [1.29, 1.82) is 0 Å². The summed E-state index contributed by atoms with van der Waals surface area (Å²) in [6.45, 7) is 7.45. The summed E-state index contributed by atoms with van der Waals surface area (Å²) in [6, 6.07) is 7.38. The Bertz CT molecular complexity index is 618. The zero-order chi connectivity index (χ0) is 18.5. The Morgan fingerprint density at radius 3 is 2.50 bits per heavy atom. The number of benzene rings is 1. The molecule has 2 heterocycles. The van der Waals surface area contributed by atoms with Crippen molar-refractivity contribution >= 4 is 11.8 Å². The largest absolute Gasteiger partial charge is 0.372 e. The predicted molar refractivity (Wildman–Crippen MR) is 96.8 cm³/mol. The van der Waals surface area contributed by atoms with Crippen LogP contribution in [0.1, 0.15) is 29.8 Å². The van der Waals surface area contributed by atoms with E-state index in [4.69, 9.17) is 9.47 Å². The van der Waals surface area contributed by atoms with E-state index in [9.17, 15) is 9.59 Å². The molecular weight excluding hydrogens is 334 g/mol. The fraction of sp³-hybridized carbons (Fsp3) is 0.579. The van der Waals surface area contributed by atoms with Crippen molar-refractivity contribution in [2.24, 2.45) is 0 Å². The molecule has 26 heavy (non-hydrogen) atoms. The molecule has 0 spiro atoms. The Morgan fingerprint density at radius 2 is 1.88 bits per heavy atom. The highest BCUT2D eigenvalue weighted by atomic mass is 16.5. The average molecular weight is 361 g/mol. The summed E-state index contributed by atoms with van der Waals surface area (Å²) >= 11 is 0. The Morgan fingerprint density at radius 1 is 1.19 bits per heavy atom. The van der Waals surface area contributed by atoms with E-state index >= 15 is 0 Å². The normalized spacial score (nSPS) is 26.4. The van der Waals surface area contributed by atoms with E-state index in [0.29, 0.717) is 38.3 Å². The van der Waals surface area contributed by atoms with Crippen LogP contribution in [0.2, 0.25) is 0 Å². The fourth-order valence-electron chi connectivity index (χ4n) is 3.33. The van der Waals surface area contributed by atoms with E-state index < -0.39 is 6.10 Å². The van der Waals surface area contributed by atoms with Gasteiger partial charge in [-0.3, -0.25) is 9.59 Å². The number of amides is 2. The summed E-state index contributed by atoms with van der Waals surface area (Å²) in [7, 11) is 0. The monoisotopic (exact) mass is 361 g/mol. The fourth-order valence-corrected chi connectivity index (χ4v) is 3.33. The minimum Gasteiger partial charge on any atom is -0.372 e. The van der Waals surface area contributed by atoms with Crippen molar-refractivity contribution in [3.8, 4) is 0 Å². The third kappa shape index (κ3) is 4.81. The molecule has 0 radical (unpaired) electrons. The lowest BCUT2D eigenvalue weighted by molar-refractivity contribution is -0.134. The maximum atomic E-state index is 12.7. The van der Waals surface area contributed by atoms with Gasteiger partial charge in [0.15, 0.2) is 0 Å². The summed E-state index contributed by atoms with van der Waals surface area (Å²) in [5, 5.41) is 6.01. The highest BCUT2D eigenvalue weighted by molar-refractivity contribution is 5.94. The molecule has 142 valence electrons. The van der Waals surface area contributed by atoms with Gasteiger partial charge in [-0.2, -0.15) is 0 Å². The van der Waals surface area contributed by atoms with Crippen molar-refractivity contribution in [1.82, 2.24) is 15.5 Å². The minimum atomic E-state index is -0.435. The van der Waals surface area contributed by atoms with Crippen LogP contribution in [0, 0.1) is 0 Å². The molecule has 1 aromatic rings. The Kier molecular flexibility index (Phi) is 6.24. The molecule has 1 aromatic carbocycles. The molecule has 2 aliphatic heterocycles. The van der Waals surface area contributed by atoms with Gasteiger partial charge in [0, 0.05) is 38.3 Å². The van der Waals surface area contributed by atoms with Crippen molar-refractivity contribution in [2.45, 2.75) is 38.7 Å². The topological polar surface area (TPSA) is 79.9 Å². The Labute approximate surface area is 154 Å². The SMILES string of the molecule is CC1CN(C(=O)c2ccc(CNC(=O)C3CNCCO3)cc2)CC(C)O1. The molecule has 3 atom stereocenters. The number of nitrogens with one attached hydrogen (secondary N) is 2. The lowest BCUT2D eigenvalue weighted by atomic mass is 10.1. The first-order chi connectivity index (χ1) is 12.5. The highest BCUT2D eigenvalue weighted by Crippen LogP contribution is 2.15. The van der Waals surface area contributed by atoms with Crippen LogP contribution in [-0.2, 0) is 20.8 Å². The Balaban J connectivity index is 1.53. The lowest BCUT2D eigenvalue weighted by Crippen LogP contribution is -2.48. The van der Waals surface area contributed by atoms with Gasteiger partial charge < -0.3 is 25.0 Å². The van der Waals surface area contributed by atoms with Crippen molar-refractivity contribution in [3.63, 3.8) is 0 Å². The predicted octanol–water partition coefficient (Wildman–Crippen LogP) is 0.541. The van der Waals surface area contributed by atoms with Gasteiger partial charge in [-0.1, -0.05) is 12.1 Å². The first-order valence-corrected chi connectivity index (χ1v) is 9.16. The number of nitrogens with zero attached hydrogens (tertiary/aromatic N) is 1. The standard InChI is InChI=1S/C19H27N3O4/c1-13-11-22(12-14(2)26-13)19(24)16-5-3-15(4-6-16)9-21-18(23)17-10-20-7-8-25-17/h3-6,13-14,17,20H,7-12H2,1-2H3,(H,21,23). The van der Waals surface area contributed by atoms with Gasteiger partial charge in [0.2, 0.25) is 0 Å². The summed E-state index contributed by atoms with van der Waals surface area (Å²) in [4.78, 5) is 26.6. The number of morpholine rings is 2. The van der Waals surface area contributed by atoms with Gasteiger partial charge in [0.1, 0.15) is 6.10 Å². The molecule has 2 amide bonds. The van der Waals surface area contributed by atoms with Crippen LogP contribution in [0.4, 0.5) is 0 Å². The number of rotatable bonds is 4. The number of hydrogen-bond donors (Lipinski definition) is 2. The molecule has 7 heteroatoms. The maximum absolute atomic E-state index is 12.7. The quantitative estimate of drug-likeness (QED) is 0.818. The molecule has 0 aliphatic carbocycles. The van der Waals surface area contributed by atoms with E-state index in [1.54, 1.807) is 0 Å². The molecule has 7 nitrogen and oxygen atoms in total. The summed E-state index contributed by atoms with van der Waals surface area (Å²) in [5.74, 6) is -0.0992. The van der Waals surface area contributed by atoms with Gasteiger partial charge in [-0.15, -0.1) is 0 Å². The lowest BCUT2D eigenvalue weighted by Gasteiger charge is -2.35. The van der Waals surface area contributed by atoms with E-state index in [2.05, 4.69) is 10.6 Å². The summed E-state index contributed by atoms with van der Waals surface area (Å²) in [5.41, 5.74) is 1.60. The molecule has 0 saturated carbocycles. The highest BCUT2D eigenvalue weighted by Gasteiger charge is 2.26. The summed E-state index contributed by atoms with van der Waals surface area (Å²) < 4.78 is 11.1. The molecule has 3 rings (SSSR count). The van der Waals surface area contributed by atoms with E-state index in [-0.39, 0.29) is 24.0 Å². The second kappa shape index (κ2) is 8.62. The molecule has 3 unspecified atom stereocenters. The molecule has 0 bridgehead atoms. The van der Waals surface area contributed by atoms with Crippen LogP contribution in [0.15, 0.2) is 24.3 Å². The van der Waals surface area contributed by atoms with E-state index in [0.717, 1.165) is 12.1 Å². The maximum Gasteiger partial charge on any atom is 0.254 e. The van der Waals surface area contributed by atoms with Crippen LogP contribution < -0.4 is 10.6 Å². The first kappa shape index (κ1) is 18.8. The van der Waals surface area contributed by atoms with Crippen LogP contribution in [0.3, 0.4) is 0 Å². The molecular formula is C19H27N3O4. The zero-order valence-corrected chi connectivity index (χ0v) is 15.4. The Hall–Kier alpha value is -1.96. The third-order valence-electron chi connectivity index (χ3n) is 4.59. The molecule has 2 saturated heterocycles. The zero-order valence-electron chi connectivity index (χ0n) is 15.4. The number of carbonyl (C=O) groups excluding carboxylic acids is 2. The molecule has 2 N–H and O–H groups in total. The first-order valence-electron chi connectivity index (χ1n) is 9.16. The number of hydrogen-bond acceptors (Lipinski definition) is 5. The second-order valence-corrected chi connectivity index (χ2v) is 6.95. The average Bonchev–Trinajstić information content (AvgIpc) is 2.66. The van der Waals surface area contributed by atoms with Crippen molar-refractivity contribution < 1.29 is 19.1 Å².